The average Bonchev–Trinajstić information content (AvgIpc) is 3.86. The van der Waals surface area contributed by atoms with Gasteiger partial charge in [0.25, 0.3) is 11.8 Å². The number of anilines is 3. The van der Waals surface area contributed by atoms with Crippen molar-refractivity contribution in [1.82, 2.24) is 0 Å². The molecule has 358 valence electrons. The second-order valence-corrected chi connectivity index (χ2v) is 20.5. The lowest BCUT2D eigenvalue weighted by Crippen LogP contribution is -2.37. The van der Waals surface area contributed by atoms with Crippen LogP contribution in [0.4, 0.5) is 28.4 Å². The average molecular weight is 970 g/mol. The molecule has 0 aliphatic carbocycles. The number of hydrogen-bond acceptors (Lipinski definition) is 13. The molecule has 69 heavy (non-hydrogen) atoms. The molecule has 4 aliphatic heterocycles. The fraction of sp³-hybridized carbons (Fsp3) is 0.358. The number of ether oxygens (including phenoxy) is 7. The van der Waals surface area contributed by atoms with Gasteiger partial charge in [-0.15, -0.1) is 9.45 Å². The van der Waals surface area contributed by atoms with Crippen molar-refractivity contribution in [2.24, 2.45) is 9.98 Å². The highest BCUT2D eigenvalue weighted by Crippen LogP contribution is 2.43. The molecule has 5 aromatic rings. The SMILES string of the molecule is COCCOCCOCCN(C[C@H](C)S(C)=S)c1cc(COc2cc3c(cc2OC)C(=O)N2c4cc#ccc4C[C@H]2C=N3)cc(COc2cc3c(cc2OC)C(=O)N2c4ccccc4C[C@H]2C=N3)c1. The molecule has 4 heterocycles. The number of benzene rings is 4. The van der Waals surface area contributed by atoms with Crippen LogP contribution in [0, 0.1) is 12.1 Å². The Morgan fingerprint density at radius 2 is 1.28 bits per heavy atom. The van der Waals surface area contributed by atoms with Crippen LogP contribution in [-0.2, 0) is 60.9 Å². The van der Waals surface area contributed by atoms with Gasteiger partial charge in [0.05, 0.1) is 87.5 Å². The molecule has 1 unspecified atom stereocenters. The number of amides is 2. The van der Waals surface area contributed by atoms with Crippen LogP contribution in [0.2, 0.25) is 0 Å². The van der Waals surface area contributed by atoms with E-state index in [0.717, 1.165) is 39.3 Å². The van der Waals surface area contributed by atoms with Gasteiger partial charge in [0.2, 0.25) is 0 Å². The van der Waals surface area contributed by atoms with Crippen molar-refractivity contribution < 1.29 is 42.7 Å². The van der Waals surface area contributed by atoms with Gasteiger partial charge in [-0.25, -0.2) is 0 Å². The molecule has 0 N–H and O–H groups in total. The number of carbonyl (C=O) groups is 2. The van der Waals surface area contributed by atoms with Gasteiger partial charge < -0.3 is 38.1 Å². The molecule has 9 rings (SSSR count). The van der Waals surface area contributed by atoms with Gasteiger partial charge in [0, 0.05) is 80.3 Å². The maximum absolute atomic E-state index is 14.1. The van der Waals surface area contributed by atoms with E-state index in [-0.39, 0.29) is 51.8 Å². The molecule has 5 aromatic carbocycles. The molecule has 0 saturated carbocycles. The van der Waals surface area contributed by atoms with E-state index in [0.29, 0.717) is 104 Å². The first-order valence-electron chi connectivity index (χ1n) is 22.9. The van der Waals surface area contributed by atoms with Crippen LogP contribution in [0.3, 0.4) is 0 Å². The maximum atomic E-state index is 14.1. The zero-order valence-corrected chi connectivity index (χ0v) is 41.0. The summed E-state index contributed by atoms with van der Waals surface area (Å²) in [6.45, 7) is 6.17. The second kappa shape index (κ2) is 21.5. The fourth-order valence-electron chi connectivity index (χ4n) is 9.05. The molecule has 0 spiro atoms. The number of methoxy groups -OCH3 is 3. The van der Waals surface area contributed by atoms with Crippen molar-refractivity contribution in [1.29, 1.82) is 0 Å². The Morgan fingerprint density at radius 3 is 1.88 bits per heavy atom. The van der Waals surface area contributed by atoms with Crippen molar-refractivity contribution >= 4 is 73.3 Å². The lowest BCUT2D eigenvalue weighted by molar-refractivity contribution is 0.0264. The highest BCUT2D eigenvalue weighted by molar-refractivity contribution is 8.28. The van der Waals surface area contributed by atoms with E-state index in [1.54, 1.807) is 56.6 Å². The van der Waals surface area contributed by atoms with Crippen LogP contribution in [0.25, 0.3) is 0 Å². The molecule has 2 amide bonds. The van der Waals surface area contributed by atoms with Crippen LogP contribution in [0.15, 0.2) is 88.8 Å². The number of aliphatic imine (C=N–C) groups is 2. The molecule has 16 heteroatoms. The number of para-hydroxylation sites is 1. The van der Waals surface area contributed by atoms with Crippen LogP contribution >= 0.6 is 0 Å². The summed E-state index contributed by atoms with van der Waals surface area (Å²) < 4.78 is 41.6. The third kappa shape index (κ3) is 10.3. The number of fused-ring (bicyclic) bond motifs is 8. The van der Waals surface area contributed by atoms with Gasteiger partial charge in [-0.05, 0) is 71.0 Å². The first kappa shape index (κ1) is 47.7. The minimum absolute atomic E-state index is 0.140. The van der Waals surface area contributed by atoms with Crippen molar-refractivity contribution in [3.63, 3.8) is 0 Å². The molecular formula is C53H55N5O9S2. The van der Waals surface area contributed by atoms with Crippen molar-refractivity contribution in [2.45, 2.75) is 50.3 Å². The number of hydrogen-bond donors (Lipinski definition) is 0. The normalized spacial score (nSPS) is 17.1. The monoisotopic (exact) mass is 969 g/mol. The van der Waals surface area contributed by atoms with Crippen LogP contribution < -0.4 is 33.6 Å². The quantitative estimate of drug-likeness (QED) is 0.0673. The minimum atomic E-state index is -0.267. The standard InChI is InChI=1S/C53H55N5O9S2/c1-34(69(5)68)31-56(14-15-64-18-19-65-17-16-61-2)39-21-35(32-66-50-27-44-42(25-48(50)62-3)52(59)57-40(29-54-44)23-37-10-6-8-12-46(37)57)20-36(22-39)33-67-51-28-45-43(26-49(51)63-4)53(60)58-41(30-55-45)24-38-11-7-9-13-47(38)58/h6,8,10-13,20-22,25-30,34,40-41H,14-19,23-24,31-33H2,1-5H3/t34-,40-,41-,69?/m0/s1. The summed E-state index contributed by atoms with van der Waals surface area (Å²) in [7, 11) is 4.50. The summed E-state index contributed by atoms with van der Waals surface area (Å²) in [6, 6.07) is 30.4. The lowest BCUT2D eigenvalue weighted by Gasteiger charge is -2.29. The molecule has 4 aliphatic rings. The molecule has 0 bridgehead atoms. The van der Waals surface area contributed by atoms with Gasteiger partial charge in [-0.3, -0.25) is 29.4 Å². The summed E-state index contributed by atoms with van der Waals surface area (Å²) in [5.41, 5.74) is 8.35. The molecule has 4 atom stereocenters. The Morgan fingerprint density at radius 1 is 0.710 bits per heavy atom. The second-order valence-electron chi connectivity index (χ2n) is 17.2. The minimum Gasteiger partial charge on any atom is -0.493 e. The van der Waals surface area contributed by atoms with Gasteiger partial charge in [0.15, 0.2) is 23.0 Å². The molecule has 0 fully saturated rings. The van der Waals surface area contributed by atoms with E-state index in [9.17, 15) is 9.59 Å². The molecule has 14 nitrogen and oxygen atoms in total. The maximum Gasteiger partial charge on any atom is 0.261 e. The predicted molar refractivity (Wildman–Crippen MR) is 272 cm³/mol. The first-order valence-corrected chi connectivity index (χ1v) is 25.5. The zero-order chi connectivity index (χ0) is 48.0. The number of rotatable bonds is 21. The predicted octanol–water partition coefficient (Wildman–Crippen LogP) is 7.62. The van der Waals surface area contributed by atoms with Gasteiger partial charge >= 0.3 is 0 Å². The molecular weight excluding hydrogens is 915 g/mol. The Balaban J connectivity index is 0.996. The van der Waals surface area contributed by atoms with E-state index >= 15 is 0 Å². The van der Waals surface area contributed by atoms with Gasteiger partial charge in [-0.1, -0.05) is 48.4 Å². The topological polar surface area (TPSA) is 133 Å². The smallest absolute Gasteiger partial charge is 0.261 e. The molecule has 0 saturated heterocycles. The van der Waals surface area contributed by atoms with Gasteiger partial charge in [-0.2, -0.15) is 0 Å². The molecule has 0 aromatic heterocycles. The largest absolute Gasteiger partial charge is 0.493 e. The van der Waals surface area contributed by atoms with Crippen molar-refractivity contribution in [2.75, 3.05) is 88.4 Å². The summed E-state index contributed by atoms with van der Waals surface area (Å²) in [5.74, 6) is 1.40. The lowest BCUT2D eigenvalue weighted by atomic mass is 10.1. The summed E-state index contributed by atoms with van der Waals surface area (Å²) in [5, 5.41) is 0.210. The highest BCUT2D eigenvalue weighted by Gasteiger charge is 2.38. The fourth-order valence-corrected chi connectivity index (χ4v) is 9.62. The van der Waals surface area contributed by atoms with Crippen molar-refractivity contribution in [3.8, 4) is 23.0 Å². The third-order valence-electron chi connectivity index (χ3n) is 12.7. The Bertz CT molecular complexity index is 2640. The van der Waals surface area contributed by atoms with E-state index in [2.05, 4.69) is 48.4 Å². The van der Waals surface area contributed by atoms with Gasteiger partial charge in [0.1, 0.15) is 13.2 Å². The summed E-state index contributed by atoms with van der Waals surface area (Å²) in [4.78, 5) is 43.7. The van der Waals surface area contributed by atoms with Crippen LogP contribution in [0.1, 0.15) is 49.9 Å². The Hall–Kier alpha value is -6.35. The zero-order valence-electron chi connectivity index (χ0n) is 39.4. The third-order valence-corrected chi connectivity index (χ3v) is 14.9. The van der Waals surface area contributed by atoms with E-state index in [4.69, 9.17) is 54.3 Å². The highest BCUT2D eigenvalue weighted by atomic mass is 32.8. The van der Waals surface area contributed by atoms with Crippen molar-refractivity contribution in [3.05, 3.63) is 124 Å². The van der Waals surface area contributed by atoms with E-state index < -0.39 is 0 Å². The van der Waals surface area contributed by atoms with Crippen LogP contribution in [-0.4, -0.2) is 115 Å². The first-order chi connectivity index (χ1) is 33.6. The number of nitrogens with zero attached hydrogens (tertiary/aromatic N) is 5. The Labute approximate surface area is 410 Å². The van der Waals surface area contributed by atoms with E-state index in [1.807, 2.05) is 47.7 Å². The van der Waals surface area contributed by atoms with E-state index in [1.165, 1.54) is 0 Å². The summed E-state index contributed by atoms with van der Waals surface area (Å²) in [6.07, 6.45) is 7.08. The molecule has 0 radical (unpaired) electrons. The Kier molecular flexibility index (Phi) is 14.9. The van der Waals surface area contributed by atoms with Crippen LogP contribution in [0.5, 0.6) is 23.0 Å². The number of carbonyl (C=O) groups excluding carboxylic acids is 2. The summed E-state index contributed by atoms with van der Waals surface area (Å²) >= 11 is 5.77.